The molecule has 1 atom stereocenters. The Morgan fingerprint density at radius 3 is 1.92 bits per heavy atom. The summed E-state index contributed by atoms with van der Waals surface area (Å²) in [5.41, 5.74) is 0.915. The van der Waals surface area contributed by atoms with E-state index in [1.54, 1.807) is 88.5 Å². The van der Waals surface area contributed by atoms with E-state index in [1.165, 1.54) is 40.9 Å². The molecule has 0 saturated carbocycles. The van der Waals surface area contributed by atoms with Crippen LogP contribution in [0.2, 0.25) is 0 Å². The minimum atomic E-state index is -4.96. The first-order chi connectivity index (χ1) is 31.0. The molecule has 0 bridgehead atoms. The van der Waals surface area contributed by atoms with Crippen molar-refractivity contribution in [1.29, 1.82) is 0 Å². The summed E-state index contributed by atoms with van der Waals surface area (Å²) in [6.45, 7) is 5.58. The van der Waals surface area contributed by atoms with Crippen molar-refractivity contribution in [2.45, 2.75) is 74.7 Å². The van der Waals surface area contributed by atoms with Crippen LogP contribution < -0.4 is 29.1 Å². The summed E-state index contributed by atoms with van der Waals surface area (Å²) in [6.07, 6.45) is 0.121. The standard InChI is InChI=1S/C44H53N9O10S2/c1-44(2,3)63-43(55)50-25-22-33(29-50)48-64(56,57)38-21-20-37(52-24-7-23-45-42(52)54)39(41-46-49-53(47-41)28-32-12-18-36(62-6)19-13-32)40(38)65(58,59)51(26-30-8-14-34(60-4)15-9-30)27-31-10-16-35(61-5)17-11-31/h8-21,33,48H,7,22-29H2,1-6H3,(H,45,54)/t33-/m1/s1. The van der Waals surface area contributed by atoms with Gasteiger partial charge in [0.25, 0.3) is 0 Å². The number of carbonyl (C=O) groups excluding carboxylic acids is 2. The zero-order valence-electron chi connectivity index (χ0n) is 37.1. The van der Waals surface area contributed by atoms with Crippen molar-refractivity contribution >= 4 is 37.9 Å². The maximum Gasteiger partial charge on any atom is 0.410 e. The molecule has 0 radical (unpaired) electrons. The average Bonchev–Trinajstić information content (AvgIpc) is 3.96. The van der Waals surface area contributed by atoms with Gasteiger partial charge in [0.05, 0.1) is 39.1 Å². The van der Waals surface area contributed by atoms with Crippen LogP contribution in [0.1, 0.15) is 50.3 Å². The summed E-state index contributed by atoms with van der Waals surface area (Å²) >= 11 is 0. The predicted octanol–water partition coefficient (Wildman–Crippen LogP) is 5.01. The molecule has 2 aliphatic rings. The Morgan fingerprint density at radius 2 is 1.38 bits per heavy atom. The van der Waals surface area contributed by atoms with Crippen LogP contribution in [-0.2, 0) is 44.4 Å². The quantitative estimate of drug-likeness (QED) is 0.133. The van der Waals surface area contributed by atoms with E-state index in [4.69, 9.17) is 18.9 Å². The molecule has 2 saturated heterocycles. The second kappa shape index (κ2) is 19.4. The van der Waals surface area contributed by atoms with Gasteiger partial charge in [-0.05, 0) is 104 Å². The third-order valence-electron chi connectivity index (χ3n) is 10.7. The fourth-order valence-electron chi connectivity index (χ4n) is 7.48. The molecule has 2 aliphatic heterocycles. The van der Waals surface area contributed by atoms with Crippen molar-refractivity contribution in [3.63, 3.8) is 0 Å². The normalized spacial score (nSPS) is 15.8. The molecule has 3 heterocycles. The highest BCUT2D eigenvalue weighted by Crippen LogP contribution is 2.42. The third kappa shape index (κ3) is 11.0. The van der Waals surface area contributed by atoms with Gasteiger partial charge in [-0.25, -0.2) is 31.1 Å². The molecular formula is C44H53N9O10S2. The maximum absolute atomic E-state index is 15.9. The highest BCUT2D eigenvalue weighted by Gasteiger charge is 2.41. The van der Waals surface area contributed by atoms with E-state index in [2.05, 4.69) is 25.4 Å². The van der Waals surface area contributed by atoms with Gasteiger partial charge in [0.2, 0.25) is 25.9 Å². The highest BCUT2D eigenvalue weighted by atomic mass is 32.2. The summed E-state index contributed by atoms with van der Waals surface area (Å²) in [5.74, 6) is 1.49. The zero-order chi connectivity index (χ0) is 46.5. The Morgan fingerprint density at radius 1 is 0.815 bits per heavy atom. The number of methoxy groups -OCH3 is 3. The molecule has 1 aromatic heterocycles. The number of hydrogen-bond acceptors (Lipinski definition) is 13. The fraction of sp³-hybridized carbons (Fsp3) is 0.386. The number of hydrogen-bond donors (Lipinski definition) is 2. The van der Waals surface area contributed by atoms with Gasteiger partial charge < -0.3 is 29.2 Å². The topological polar surface area (TPSA) is 217 Å². The van der Waals surface area contributed by atoms with E-state index in [0.29, 0.717) is 41.3 Å². The summed E-state index contributed by atoms with van der Waals surface area (Å²) in [5, 5.41) is 16.1. The largest absolute Gasteiger partial charge is 0.497 e. The SMILES string of the molecule is COc1ccc(CN(Cc2ccc(OC)cc2)S(=O)(=O)c2c(S(=O)(=O)N[C@@H]3CCN(C(=O)OC(C)(C)C)C3)ccc(N3CCCNC3=O)c2-c2nnn(Cc3ccc(OC)cc3)n2)cc1. The number of carbonyl (C=O) groups is 2. The average molecular weight is 932 g/mol. The number of tetrazole rings is 1. The summed E-state index contributed by atoms with van der Waals surface area (Å²) in [4.78, 5) is 29.3. The number of benzene rings is 4. The first kappa shape index (κ1) is 46.7. The molecule has 7 rings (SSSR count). The van der Waals surface area contributed by atoms with Crippen LogP contribution in [0.25, 0.3) is 11.4 Å². The number of aromatic nitrogens is 4. The Kier molecular flexibility index (Phi) is 14.0. The van der Waals surface area contributed by atoms with E-state index >= 15 is 8.42 Å². The maximum atomic E-state index is 15.9. The third-order valence-corrected chi connectivity index (χ3v) is 14.3. The Hall–Kier alpha value is -6.29. The fourth-order valence-corrected chi connectivity index (χ4v) is 11.2. The second-order valence-electron chi connectivity index (χ2n) is 16.5. The van der Waals surface area contributed by atoms with Gasteiger partial charge in [-0.3, -0.25) is 4.90 Å². The molecule has 3 amide bonds. The molecule has 346 valence electrons. The van der Waals surface area contributed by atoms with Crippen molar-refractivity contribution in [1.82, 2.24) is 39.5 Å². The number of nitrogens with one attached hydrogen (secondary N) is 2. The lowest BCUT2D eigenvalue weighted by molar-refractivity contribution is 0.0291. The summed E-state index contributed by atoms with van der Waals surface area (Å²) in [7, 11) is -5.13. The van der Waals surface area contributed by atoms with E-state index < -0.39 is 53.6 Å². The van der Waals surface area contributed by atoms with E-state index in [0.717, 1.165) is 9.87 Å². The lowest BCUT2D eigenvalue weighted by Gasteiger charge is -2.31. The van der Waals surface area contributed by atoms with Crippen LogP contribution in [0, 0.1) is 0 Å². The van der Waals surface area contributed by atoms with Crippen LogP contribution in [0.3, 0.4) is 0 Å². The van der Waals surface area contributed by atoms with Crippen LogP contribution in [0.15, 0.2) is 94.7 Å². The van der Waals surface area contributed by atoms with E-state index in [9.17, 15) is 18.0 Å². The number of anilines is 1. The Balaban J connectivity index is 1.41. The van der Waals surface area contributed by atoms with Crippen LogP contribution >= 0.6 is 0 Å². The van der Waals surface area contributed by atoms with Crippen LogP contribution in [0.4, 0.5) is 15.3 Å². The Bertz CT molecular complexity index is 2660. The molecule has 65 heavy (non-hydrogen) atoms. The summed E-state index contributed by atoms with van der Waals surface area (Å²) in [6, 6.07) is 22.0. The van der Waals surface area contributed by atoms with E-state index in [1.807, 2.05) is 12.1 Å². The molecule has 0 spiro atoms. The van der Waals surface area contributed by atoms with Crippen molar-refractivity contribution in [2.75, 3.05) is 52.4 Å². The molecular weight excluding hydrogens is 879 g/mol. The van der Waals surface area contributed by atoms with E-state index in [-0.39, 0.29) is 62.8 Å². The summed E-state index contributed by atoms with van der Waals surface area (Å²) < 4.78 is 87.2. The Labute approximate surface area is 378 Å². The first-order valence-electron chi connectivity index (χ1n) is 20.9. The smallest absolute Gasteiger partial charge is 0.410 e. The van der Waals surface area contributed by atoms with Gasteiger partial charge >= 0.3 is 12.1 Å². The molecule has 0 aliphatic carbocycles. The first-order valence-corrected chi connectivity index (χ1v) is 23.8. The molecule has 2 fully saturated rings. The minimum absolute atomic E-state index is 0.0303. The van der Waals surface area contributed by atoms with Gasteiger partial charge in [-0.1, -0.05) is 36.4 Å². The lowest BCUT2D eigenvalue weighted by atomic mass is 10.1. The van der Waals surface area contributed by atoms with Gasteiger partial charge in [-0.2, -0.15) is 9.10 Å². The molecule has 4 aromatic carbocycles. The number of urea groups is 1. The molecule has 2 N–H and O–H groups in total. The minimum Gasteiger partial charge on any atom is -0.497 e. The number of amides is 3. The molecule has 19 nitrogen and oxygen atoms in total. The molecule has 21 heteroatoms. The van der Waals surface area contributed by atoms with Gasteiger partial charge in [0.15, 0.2) is 0 Å². The van der Waals surface area contributed by atoms with Gasteiger partial charge in [0.1, 0.15) is 32.6 Å². The number of sulfonamides is 2. The number of likely N-dealkylation sites (tertiary alicyclic amines) is 1. The highest BCUT2D eigenvalue weighted by molar-refractivity contribution is 7.92. The zero-order valence-corrected chi connectivity index (χ0v) is 38.7. The molecule has 0 unspecified atom stereocenters. The monoisotopic (exact) mass is 931 g/mol. The van der Waals surface area contributed by atoms with Crippen LogP contribution in [-0.4, -0.2) is 118 Å². The lowest BCUT2D eigenvalue weighted by Crippen LogP contribution is -2.47. The number of rotatable bonds is 16. The van der Waals surface area contributed by atoms with Crippen molar-refractivity contribution < 1.29 is 45.4 Å². The second-order valence-corrected chi connectivity index (χ2v) is 20.1. The van der Waals surface area contributed by atoms with Gasteiger partial charge in [-0.15, -0.1) is 10.2 Å². The predicted molar refractivity (Wildman–Crippen MR) is 240 cm³/mol. The van der Waals surface area contributed by atoms with Crippen molar-refractivity contribution in [3.8, 4) is 28.6 Å². The van der Waals surface area contributed by atoms with Gasteiger partial charge in [0, 0.05) is 45.3 Å². The van der Waals surface area contributed by atoms with Crippen LogP contribution in [0.5, 0.6) is 17.2 Å². The van der Waals surface area contributed by atoms with Crippen molar-refractivity contribution in [3.05, 3.63) is 102 Å². The molecule has 5 aromatic rings. The number of nitrogens with zero attached hydrogens (tertiary/aromatic N) is 7. The van der Waals surface area contributed by atoms with Crippen molar-refractivity contribution in [2.24, 2.45) is 0 Å². The number of ether oxygens (including phenoxy) is 4.